The molecule has 49 heavy (non-hydrogen) atoms. The highest BCUT2D eigenvalue weighted by atomic mass is 32.2. The maximum Gasteiger partial charge on any atom is 0.411 e. The molecule has 1 amide bonds. The molecule has 1 aliphatic carbocycles. The van der Waals surface area contributed by atoms with Gasteiger partial charge < -0.3 is 14.6 Å². The predicted molar refractivity (Wildman–Crippen MR) is 205 cm³/mol. The third-order valence-electron chi connectivity index (χ3n) is 9.61. The van der Waals surface area contributed by atoms with Crippen LogP contribution in [0.25, 0.3) is 11.6 Å². The van der Waals surface area contributed by atoms with E-state index in [4.69, 9.17) is 19.7 Å². The van der Waals surface area contributed by atoms with Crippen LogP contribution in [0.4, 0.5) is 10.5 Å². The van der Waals surface area contributed by atoms with Gasteiger partial charge in [-0.05, 0) is 130 Å². The normalized spacial score (nSPS) is 24.8. The summed E-state index contributed by atoms with van der Waals surface area (Å²) >= 11 is 1.84. The van der Waals surface area contributed by atoms with Crippen molar-refractivity contribution in [1.82, 2.24) is 19.8 Å². The first kappa shape index (κ1) is 35.2. The van der Waals surface area contributed by atoms with Crippen molar-refractivity contribution < 1.29 is 9.53 Å². The van der Waals surface area contributed by atoms with Gasteiger partial charge in [-0.2, -0.15) is 0 Å². The van der Waals surface area contributed by atoms with E-state index >= 15 is 0 Å². The molecule has 0 saturated carbocycles. The summed E-state index contributed by atoms with van der Waals surface area (Å²) in [5, 5.41) is 0.211. The Bertz CT molecular complexity index is 1730. The number of likely N-dealkylation sites (tertiary alicyclic amines) is 2. The second-order valence-electron chi connectivity index (χ2n) is 16.0. The number of amides is 1. The Balaban J connectivity index is 1.02. The zero-order chi connectivity index (χ0) is 35.1. The van der Waals surface area contributed by atoms with Crippen LogP contribution >= 0.6 is 11.8 Å². The molecule has 6 rings (SSSR count). The first-order valence-corrected chi connectivity index (χ1v) is 18.8. The van der Waals surface area contributed by atoms with Crippen molar-refractivity contribution in [2.45, 2.75) is 128 Å². The fourth-order valence-electron chi connectivity index (χ4n) is 7.42. The molecule has 1 aromatic carbocycles. The number of nitrogens with zero attached hydrogens (tertiary/aromatic N) is 5. The number of benzene rings is 1. The summed E-state index contributed by atoms with van der Waals surface area (Å²) in [5.41, 5.74) is 7.61. The molecule has 3 unspecified atom stereocenters. The van der Waals surface area contributed by atoms with Gasteiger partial charge in [0.2, 0.25) is 0 Å². The van der Waals surface area contributed by atoms with Crippen LogP contribution in [0.15, 0.2) is 58.2 Å². The molecule has 4 heterocycles. The van der Waals surface area contributed by atoms with Crippen LogP contribution in [-0.2, 0) is 4.74 Å². The molecule has 4 aliphatic rings. The van der Waals surface area contributed by atoms with E-state index in [1.54, 1.807) is 0 Å². The molecule has 1 spiro atoms. The average molecular weight is 683 g/mol. The van der Waals surface area contributed by atoms with E-state index in [9.17, 15) is 4.79 Å². The van der Waals surface area contributed by atoms with Gasteiger partial charge in [-0.15, -0.1) is 11.8 Å². The molecular formula is C40H54N6O2S. The lowest BCUT2D eigenvalue weighted by atomic mass is 10.0. The van der Waals surface area contributed by atoms with E-state index < -0.39 is 5.60 Å². The molecule has 3 atom stereocenters. The molecule has 3 fully saturated rings. The highest BCUT2D eigenvalue weighted by Crippen LogP contribution is 2.62. The lowest BCUT2D eigenvalue weighted by Crippen LogP contribution is -2.43. The molecule has 1 N–H and O–H groups in total. The lowest BCUT2D eigenvalue weighted by molar-refractivity contribution is 0.0229. The first-order chi connectivity index (χ1) is 23.1. The number of aliphatic imine (C=N–C) groups is 2. The molecule has 3 aliphatic heterocycles. The average Bonchev–Trinajstić information content (AvgIpc) is 3.57. The van der Waals surface area contributed by atoms with Crippen LogP contribution in [0.1, 0.15) is 123 Å². The number of hydrogen-bond acceptors (Lipinski definition) is 6. The first-order valence-electron chi connectivity index (χ1n) is 17.9. The van der Waals surface area contributed by atoms with Crippen LogP contribution < -0.4 is 0 Å². The Morgan fingerprint density at radius 2 is 1.94 bits per heavy atom. The van der Waals surface area contributed by atoms with E-state index in [1.807, 2.05) is 43.6 Å². The van der Waals surface area contributed by atoms with Crippen molar-refractivity contribution >= 4 is 46.7 Å². The number of aromatic amines is 1. The molecular weight excluding hydrogens is 629 g/mol. The van der Waals surface area contributed by atoms with E-state index in [-0.39, 0.29) is 27.8 Å². The SMILES string of the molecule is CC(=Nc1ccc(/C=C/CC2=CC=C(c3cnc(C4CCCN4C(C)=NC(C)(C)C)[nH]3)C2)cc1C)C1SC12CCCN2C(=O)OC(C)(C)C. The molecule has 0 radical (unpaired) electrons. The monoisotopic (exact) mass is 682 g/mol. The van der Waals surface area contributed by atoms with Crippen molar-refractivity contribution in [3.63, 3.8) is 0 Å². The van der Waals surface area contributed by atoms with Crippen molar-refractivity contribution in [3.05, 3.63) is 70.8 Å². The minimum atomic E-state index is -0.496. The highest BCUT2D eigenvalue weighted by Gasteiger charge is 2.65. The summed E-state index contributed by atoms with van der Waals surface area (Å²) in [5.74, 6) is 2.14. The van der Waals surface area contributed by atoms with Crippen LogP contribution in [0, 0.1) is 6.92 Å². The summed E-state index contributed by atoms with van der Waals surface area (Å²) in [6, 6.07) is 6.73. The summed E-state index contributed by atoms with van der Waals surface area (Å²) < 4.78 is 5.72. The standard InChI is InChI=1S/C40H54N6O2S/c1-26-23-29(17-19-32(26)42-27(2)35-40(49-35)20-12-22-46(40)37(47)48-39(7,8)9)13-10-14-30-16-18-31(24-30)33-25-41-36(43-33)34-15-11-21-45(34)28(3)44-38(4,5)6/h10,13,16-19,23,25,34-35H,11-12,14-15,20-22,24H2,1-9H3,(H,41,43)/b13-10+,42-27?,44-28?. The number of rotatable bonds is 7. The van der Waals surface area contributed by atoms with Crippen molar-refractivity contribution in [1.29, 1.82) is 0 Å². The number of nitrogens with one attached hydrogen (secondary N) is 1. The minimum absolute atomic E-state index is 0.0868. The van der Waals surface area contributed by atoms with Gasteiger partial charge in [0, 0.05) is 18.8 Å². The van der Waals surface area contributed by atoms with E-state index in [2.05, 4.69) is 93.9 Å². The van der Waals surface area contributed by atoms with Gasteiger partial charge in [0.15, 0.2) is 0 Å². The minimum Gasteiger partial charge on any atom is -0.444 e. The van der Waals surface area contributed by atoms with Crippen molar-refractivity contribution in [2.75, 3.05) is 13.1 Å². The zero-order valence-corrected chi connectivity index (χ0v) is 31.7. The number of thioether (sulfide) groups is 1. The Morgan fingerprint density at radius 3 is 2.67 bits per heavy atom. The van der Waals surface area contributed by atoms with Crippen LogP contribution in [-0.4, -0.2) is 71.8 Å². The number of carbonyl (C=O) groups is 1. The summed E-state index contributed by atoms with van der Waals surface area (Å²) in [4.78, 5) is 35.5. The molecule has 0 bridgehead atoms. The van der Waals surface area contributed by atoms with Gasteiger partial charge in [-0.3, -0.25) is 14.9 Å². The molecule has 9 heteroatoms. The molecule has 3 saturated heterocycles. The number of H-pyrrole nitrogens is 1. The molecule has 2 aromatic rings. The molecule has 8 nitrogen and oxygen atoms in total. The van der Waals surface area contributed by atoms with Gasteiger partial charge >= 0.3 is 6.09 Å². The Hall–Kier alpha value is -3.59. The van der Waals surface area contributed by atoms with Crippen molar-refractivity contribution in [2.24, 2.45) is 9.98 Å². The third-order valence-corrected chi connectivity index (χ3v) is 11.4. The quantitative estimate of drug-likeness (QED) is 0.179. The maximum atomic E-state index is 12.9. The Morgan fingerprint density at radius 1 is 1.14 bits per heavy atom. The summed E-state index contributed by atoms with van der Waals surface area (Å²) in [6.07, 6.45) is 16.8. The lowest BCUT2D eigenvalue weighted by Gasteiger charge is -2.28. The summed E-state index contributed by atoms with van der Waals surface area (Å²) in [6.45, 7) is 20.3. The predicted octanol–water partition coefficient (Wildman–Crippen LogP) is 9.82. The topological polar surface area (TPSA) is 86.2 Å². The number of allylic oxidation sites excluding steroid dienone is 5. The molecule has 1 aromatic heterocycles. The fourth-order valence-corrected chi connectivity index (χ4v) is 8.95. The third kappa shape index (κ3) is 8.08. The van der Waals surface area contributed by atoms with Gasteiger partial charge in [0.05, 0.1) is 40.2 Å². The smallest absolute Gasteiger partial charge is 0.411 e. The van der Waals surface area contributed by atoms with Gasteiger partial charge in [-0.25, -0.2) is 9.78 Å². The number of aromatic nitrogens is 2. The number of ether oxygens (including phenoxy) is 1. The van der Waals surface area contributed by atoms with Gasteiger partial charge in [-0.1, -0.05) is 35.9 Å². The van der Waals surface area contributed by atoms with Gasteiger partial charge in [0.1, 0.15) is 16.3 Å². The number of hydrogen-bond donors (Lipinski definition) is 1. The fraction of sp³-hybridized carbons (Fsp3) is 0.550. The number of imidazole rings is 1. The highest BCUT2D eigenvalue weighted by molar-refractivity contribution is 8.09. The van der Waals surface area contributed by atoms with Crippen LogP contribution in [0.3, 0.4) is 0 Å². The second-order valence-corrected chi connectivity index (χ2v) is 17.5. The second kappa shape index (κ2) is 13.6. The van der Waals surface area contributed by atoms with Crippen molar-refractivity contribution in [3.8, 4) is 0 Å². The number of carbonyl (C=O) groups excluding carboxylic acids is 1. The Kier molecular flexibility index (Phi) is 9.79. The summed E-state index contributed by atoms with van der Waals surface area (Å²) in [7, 11) is 0. The largest absolute Gasteiger partial charge is 0.444 e. The Labute approximate surface area is 297 Å². The molecule has 262 valence electrons. The zero-order valence-electron chi connectivity index (χ0n) is 30.9. The number of amidine groups is 1. The van der Waals surface area contributed by atoms with E-state index in [0.717, 1.165) is 85.9 Å². The van der Waals surface area contributed by atoms with Crippen LogP contribution in [0.2, 0.25) is 0 Å². The van der Waals surface area contributed by atoms with Crippen LogP contribution in [0.5, 0.6) is 0 Å². The number of aryl methyl sites for hydroxylation is 1. The van der Waals surface area contributed by atoms with E-state index in [1.165, 1.54) is 16.7 Å². The van der Waals surface area contributed by atoms with E-state index in [0.29, 0.717) is 0 Å². The van der Waals surface area contributed by atoms with Gasteiger partial charge in [0.25, 0.3) is 0 Å². The maximum absolute atomic E-state index is 12.9.